The third-order valence-corrected chi connectivity index (χ3v) is 0.545. The number of alkyl halides is 3. The third-order valence-electron chi connectivity index (χ3n) is 0.545. The van der Waals surface area contributed by atoms with Crippen molar-refractivity contribution in [1.29, 1.82) is 0 Å². The molecule has 0 heterocycles. The predicted octanol–water partition coefficient (Wildman–Crippen LogP) is 1.28. The van der Waals surface area contributed by atoms with E-state index in [1.54, 1.807) is 0 Å². The Morgan fingerprint density at radius 3 is 2.40 bits per heavy atom. The maximum absolute atomic E-state index is 11.2. The molecule has 0 bridgehead atoms. The summed E-state index contributed by atoms with van der Waals surface area (Å²) in [5, 5.41) is 0. The summed E-state index contributed by atoms with van der Waals surface area (Å²) in [7, 11) is 0. The van der Waals surface area contributed by atoms with Crippen LogP contribution in [-0.2, 0) is 9.53 Å². The number of ether oxygens (including phenoxy) is 1. The summed E-state index contributed by atoms with van der Waals surface area (Å²) in [6.07, 6.45) is -3.79. The molecule has 0 atom stereocenters. The highest BCUT2D eigenvalue weighted by atomic mass is 19.4. The standard InChI is InChI=1S/C5H5F3O2/c1-2-4(9)10-3-5(6,7)8/h2H,1,3H2. The monoisotopic (exact) mass is 154 g/mol. The summed E-state index contributed by atoms with van der Waals surface area (Å²) in [5.41, 5.74) is 0. The van der Waals surface area contributed by atoms with Crippen molar-refractivity contribution in [2.45, 2.75) is 6.18 Å². The van der Waals surface area contributed by atoms with Crippen LogP contribution < -0.4 is 0 Å². The Hall–Kier alpha value is -1.00. The van der Waals surface area contributed by atoms with Gasteiger partial charge in [-0.05, 0) is 0 Å². The zero-order valence-corrected chi connectivity index (χ0v) is 4.94. The summed E-state index contributed by atoms with van der Waals surface area (Å²) in [4.78, 5) is 10.0. The molecule has 10 heavy (non-hydrogen) atoms. The van der Waals surface area contributed by atoms with E-state index in [1.807, 2.05) is 0 Å². The van der Waals surface area contributed by atoms with Crippen molar-refractivity contribution in [2.75, 3.05) is 6.61 Å². The molecule has 0 radical (unpaired) electrons. The molecule has 0 saturated carbocycles. The van der Waals surface area contributed by atoms with Gasteiger partial charge in [0.25, 0.3) is 0 Å². The van der Waals surface area contributed by atoms with E-state index in [2.05, 4.69) is 11.3 Å². The summed E-state index contributed by atoms with van der Waals surface area (Å²) in [5.74, 6) is -1.07. The lowest BCUT2D eigenvalue weighted by Crippen LogP contribution is -2.19. The van der Waals surface area contributed by atoms with Crippen LogP contribution in [-0.4, -0.2) is 18.8 Å². The Bertz CT molecular complexity index is 138. The molecule has 0 amide bonds. The highest BCUT2D eigenvalue weighted by Crippen LogP contribution is 2.14. The Morgan fingerprint density at radius 2 is 2.10 bits per heavy atom. The number of halogens is 3. The van der Waals surface area contributed by atoms with Gasteiger partial charge in [0.2, 0.25) is 0 Å². The van der Waals surface area contributed by atoms with Crippen LogP contribution in [0.5, 0.6) is 0 Å². The van der Waals surface area contributed by atoms with Gasteiger partial charge < -0.3 is 4.74 Å². The molecule has 0 N–H and O–H groups in total. The first-order valence-electron chi connectivity index (χ1n) is 2.31. The Kier molecular flexibility index (Phi) is 2.92. The van der Waals surface area contributed by atoms with E-state index in [0.29, 0.717) is 6.08 Å². The second-order valence-electron chi connectivity index (χ2n) is 1.43. The highest BCUT2D eigenvalue weighted by Gasteiger charge is 2.28. The topological polar surface area (TPSA) is 26.3 Å². The van der Waals surface area contributed by atoms with Gasteiger partial charge in [0.05, 0.1) is 0 Å². The number of hydrogen-bond acceptors (Lipinski definition) is 2. The van der Waals surface area contributed by atoms with Crippen molar-refractivity contribution in [3.63, 3.8) is 0 Å². The first-order valence-corrected chi connectivity index (χ1v) is 2.31. The molecule has 5 heteroatoms. The smallest absolute Gasteiger partial charge is 0.422 e. The summed E-state index contributed by atoms with van der Waals surface area (Å²) >= 11 is 0. The van der Waals surface area contributed by atoms with Crippen LogP contribution in [0.1, 0.15) is 0 Å². The first-order chi connectivity index (χ1) is 4.45. The van der Waals surface area contributed by atoms with Crippen LogP contribution in [0.25, 0.3) is 0 Å². The zero-order valence-electron chi connectivity index (χ0n) is 4.94. The minimum atomic E-state index is -4.46. The van der Waals surface area contributed by atoms with Crippen molar-refractivity contribution >= 4 is 5.97 Å². The second-order valence-corrected chi connectivity index (χ2v) is 1.43. The average molecular weight is 154 g/mol. The van der Waals surface area contributed by atoms with Gasteiger partial charge in [0.15, 0.2) is 6.61 Å². The van der Waals surface area contributed by atoms with Crippen molar-refractivity contribution in [2.24, 2.45) is 0 Å². The number of carbonyl (C=O) groups is 1. The van der Waals surface area contributed by atoms with Gasteiger partial charge in [0.1, 0.15) is 0 Å². The van der Waals surface area contributed by atoms with Crippen LogP contribution in [0, 0.1) is 0 Å². The molecule has 0 aliphatic heterocycles. The summed E-state index contributed by atoms with van der Waals surface area (Å²) in [6.45, 7) is 1.36. The SMILES string of the molecule is C=CC(=O)OCC(F)(F)F. The van der Waals surface area contributed by atoms with Gasteiger partial charge >= 0.3 is 12.1 Å². The molecule has 0 fully saturated rings. The van der Waals surface area contributed by atoms with Crippen LogP contribution >= 0.6 is 0 Å². The molecule has 0 aromatic heterocycles. The number of esters is 1. The normalized spacial score (nSPS) is 10.7. The predicted molar refractivity (Wildman–Crippen MR) is 27.2 cm³/mol. The number of rotatable bonds is 2. The quantitative estimate of drug-likeness (QED) is 0.442. The molecule has 2 nitrogen and oxygen atoms in total. The van der Waals surface area contributed by atoms with E-state index in [4.69, 9.17) is 0 Å². The van der Waals surface area contributed by atoms with Gasteiger partial charge in [-0.1, -0.05) is 6.58 Å². The Morgan fingerprint density at radius 1 is 1.60 bits per heavy atom. The van der Waals surface area contributed by atoms with E-state index in [-0.39, 0.29) is 0 Å². The number of hydrogen-bond donors (Lipinski definition) is 0. The summed E-state index contributed by atoms with van der Waals surface area (Å²) in [6, 6.07) is 0. The Balaban J connectivity index is 3.55. The fourth-order valence-electron chi connectivity index (χ4n) is 0.212. The van der Waals surface area contributed by atoms with Crippen molar-refractivity contribution in [3.8, 4) is 0 Å². The van der Waals surface area contributed by atoms with Gasteiger partial charge in [-0.2, -0.15) is 13.2 Å². The van der Waals surface area contributed by atoms with Gasteiger partial charge in [-0.25, -0.2) is 4.79 Å². The molecule has 0 aliphatic rings. The van der Waals surface area contributed by atoms with Crippen molar-refractivity contribution < 1.29 is 22.7 Å². The maximum Gasteiger partial charge on any atom is 0.422 e. The minimum Gasteiger partial charge on any atom is -0.453 e. The summed E-state index contributed by atoms with van der Waals surface area (Å²) < 4.78 is 37.4. The van der Waals surface area contributed by atoms with Crippen molar-refractivity contribution in [3.05, 3.63) is 12.7 Å². The van der Waals surface area contributed by atoms with E-state index >= 15 is 0 Å². The molecular weight excluding hydrogens is 149 g/mol. The van der Waals surface area contributed by atoms with E-state index in [0.717, 1.165) is 0 Å². The van der Waals surface area contributed by atoms with E-state index < -0.39 is 18.8 Å². The molecule has 58 valence electrons. The maximum atomic E-state index is 11.2. The van der Waals surface area contributed by atoms with Crippen LogP contribution in [0.4, 0.5) is 13.2 Å². The minimum absolute atomic E-state index is 0.672. The second kappa shape index (κ2) is 3.24. The molecule has 0 aromatic carbocycles. The third kappa shape index (κ3) is 5.14. The molecular formula is C5H5F3O2. The van der Waals surface area contributed by atoms with Crippen LogP contribution in [0.3, 0.4) is 0 Å². The zero-order chi connectivity index (χ0) is 8.20. The average Bonchev–Trinajstić information content (AvgIpc) is 1.81. The van der Waals surface area contributed by atoms with Gasteiger partial charge in [0, 0.05) is 6.08 Å². The van der Waals surface area contributed by atoms with Gasteiger partial charge in [-0.3, -0.25) is 0 Å². The van der Waals surface area contributed by atoms with E-state index in [1.165, 1.54) is 0 Å². The molecule has 0 saturated heterocycles. The molecule has 0 aromatic rings. The fourth-order valence-corrected chi connectivity index (χ4v) is 0.212. The Labute approximate surface area is 55.3 Å². The fraction of sp³-hybridized carbons (Fsp3) is 0.400. The molecule has 0 unspecified atom stereocenters. The lowest BCUT2D eigenvalue weighted by atomic mass is 10.6. The van der Waals surface area contributed by atoms with Crippen LogP contribution in [0.2, 0.25) is 0 Å². The van der Waals surface area contributed by atoms with Gasteiger partial charge in [-0.15, -0.1) is 0 Å². The van der Waals surface area contributed by atoms with Crippen LogP contribution in [0.15, 0.2) is 12.7 Å². The van der Waals surface area contributed by atoms with E-state index in [9.17, 15) is 18.0 Å². The molecule has 0 aliphatic carbocycles. The highest BCUT2D eigenvalue weighted by molar-refractivity contribution is 5.81. The lowest BCUT2D eigenvalue weighted by molar-refractivity contribution is -0.182. The number of carbonyl (C=O) groups excluding carboxylic acids is 1. The van der Waals surface area contributed by atoms with Crippen molar-refractivity contribution in [1.82, 2.24) is 0 Å². The lowest BCUT2D eigenvalue weighted by Gasteiger charge is -2.04. The largest absolute Gasteiger partial charge is 0.453 e. The first kappa shape index (κ1) is 9.00. The molecule has 0 rings (SSSR count). The molecule has 0 spiro atoms.